The van der Waals surface area contributed by atoms with E-state index in [2.05, 4.69) is 19.9 Å². The van der Waals surface area contributed by atoms with E-state index in [-0.39, 0.29) is 18.0 Å². The molecule has 128 valence electrons. The summed E-state index contributed by atoms with van der Waals surface area (Å²) in [7, 11) is 0. The average molecular weight is 353 g/mol. The van der Waals surface area contributed by atoms with Crippen molar-refractivity contribution in [2.24, 2.45) is 0 Å². The van der Waals surface area contributed by atoms with Crippen molar-refractivity contribution in [3.8, 4) is 0 Å². The molecule has 0 radical (unpaired) electrons. The van der Waals surface area contributed by atoms with Crippen molar-refractivity contribution in [2.45, 2.75) is 23.7 Å². The lowest BCUT2D eigenvalue weighted by atomic mass is 9.87. The second-order valence-electron chi connectivity index (χ2n) is 6.22. The van der Waals surface area contributed by atoms with Crippen LogP contribution < -0.4 is 4.90 Å². The van der Waals surface area contributed by atoms with Gasteiger partial charge in [0.15, 0.2) is 5.16 Å². The van der Waals surface area contributed by atoms with Crippen LogP contribution in [0.1, 0.15) is 12.0 Å². The van der Waals surface area contributed by atoms with Crippen LogP contribution in [0.25, 0.3) is 6.08 Å². The summed E-state index contributed by atoms with van der Waals surface area (Å²) in [5, 5.41) is 0.782. The third-order valence-electron chi connectivity index (χ3n) is 4.68. The van der Waals surface area contributed by atoms with Crippen molar-refractivity contribution in [3.63, 3.8) is 0 Å². The van der Waals surface area contributed by atoms with Crippen LogP contribution in [0.3, 0.4) is 0 Å². The van der Waals surface area contributed by atoms with Crippen molar-refractivity contribution >= 4 is 29.6 Å². The van der Waals surface area contributed by atoms with E-state index < -0.39 is 0 Å². The van der Waals surface area contributed by atoms with Crippen molar-refractivity contribution < 1.29 is 4.79 Å². The van der Waals surface area contributed by atoms with E-state index in [1.54, 1.807) is 36.4 Å². The molecule has 5 rings (SSSR count). The standard InChI is InChI=1S/C18H19N5OS/c1-25-18-20-8-6-16(21-18)22-11-14-9-15(12-22)23(14)17(24)5-4-13-3-2-7-19-10-13/h2-8,10,14-15H,9,11-12H2,1H3/b5-4+. The van der Waals surface area contributed by atoms with Crippen LogP contribution in [0.4, 0.5) is 5.82 Å². The Bertz CT molecular complexity index is 785. The fourth-order valence-corrected chi connectivity index (χ4v) is 3.84. The Kier molecular flexibility index (Phi) is 4.40. The monoisotopic (exact) mass is 353 g/mol. The molecule has 2 bridgehead atoms. The number of hydrogen-bond acceptors (Lipinski definition) is 6. The van der Waals surface area contributed by atoms with Gasteiger partial charge in [0.05, 0.1) is 12.1 Å². The summed E-state index contributed by atoms with van der Waals surface area (Å²) in [5.41, 5.74) is 0.939. The molecule has 0 spiro atoms. The third kappa shape index (κ3) is 3.24. The summed E-state index contributed by atoms with van der Waals surface area (Å²) < 4.78 is 0. The molecule has 2 atom stereocenters. The highest BCUT2D eigenvalue weighted by Gasteiger charge is 2.46. The molecule has 7 heteroatoms. The van der Waals surface area contributed by atoms with E-state index in [0.29, 0.717) is 0 Å². The first-order chi connectivity index (χ1) is 12.2. The molecule has 2 aromatic rings. The zero-order chi connectivity index (χ0) is 17.2. The van der Waals surface area contributed by atoms with E-state index in [1.165, 1.54) is 0 Å². The van der Waals surface area contributed by atoms with Gasteiger partial charge < -0.3 is 9.80 Å². The maximum Gasteiger partial charge on any atom is 0.247 e. The van der Waals surface area contributed by atoms with Gasteiger partial charge in [0, 0.05) is 37.8 Å². The Morgan fingerprint density at radius 1 is 1.28 bits per heavy atom. The Labute approximate surface area is 151 Å². The Balaban J connectivity index is 1.41. The number of fused-ring (bicyclic) bond motifs is 2. The molecular weight excluding hydrogens is 334 g/mol. The Morgan fingerprint density at radius 3 is 2.84 bits per heavy atom. The normalized spacial score (nSPS) is 22.1. The number of anilines is 1. The number of aromatic nitrogens is 3. The minimum absolute atomic E-state index is 0.0808. The smallest absolute Gasteiger partial charge is 0.247 e. The van der Waals surface area contributed by atoms with Crippen LogP contribution in [-0.4, -0.2) is 57.2 Å². The number of carbonyl (C=O) groups is 1. The molecule has 2 aromatic heterocycles. The summed E-state index contributed by atoms with van der Waals surface area (Å²) in [6.45, 7) is 1.65. The van der Waals surface area contributed by atoms with Crippen LogP contribution in [-0.2, 0) is 4.79 Å². The predicted molar refractivity (Wildman–Crippen MR) is 98.3 cm³/mol. The highest BCUT2D eigenvalue weighted by atomic mass is 32.2. The van der Waals surface area contributed by atoms with Crippen molar-refractivity contribution in [1.29, 1.82) is 0 Å². The number of thioether (sulfide) groups is 1. The van der Waals surface area contributed by atoms with Crippen molar-refractivity contribution in [3.05, 3.63) is 48.4 Å². The van der Waals surface area contributed by atoms with Gasteiger partial charge in [-0.1, -0.05) is 17.8 Å². The van der Waals surface area contributed by atoms with E-state index >= 15 is 0 Å². The van der Waals surface area contributed by atoms with E-state index in [0.717, 1.165) is 36.0 Å². The Hall–Kier alpha value is -2.41. The number of hydrogen-bond donors (Lipinski definition) is 0. The average Bonchev–Trinajstić information content (AvgIpc) is 2.67. The van der Waals surface area contributed by atoms with E-state index in [9.17, 15) is 4.79 Å². The van der Waals surface area contributed by atoms with Gasteiger partial charge >= 0.3 is 0 Å². The summed E-state index contributed by atoms with van der Waals surface area (Å²) in [4.78, 5) is 29.6. The van der Waals surface area contributed by atoms with Gasteiger partial charge in [0.2, 0.25) is 5.91 Å². The lowest BCUT2D eigenvalue weighted by molar-refractivity contribution is -0.140. The van der Waals surface area contributed by atoms with Crippen LogP contribution in [0.5, 0.6) is 0 Å². The minimum Gasteiger partial charge on any atom is -0.352 e. The fraction of sp³-hybridized carbons (Fsp3) is 0.333. The minimum atomic E-state index is 0.0808. The highest BCUT2D eigenvalue weighted by molar-refractivity contribution is 7.98. The summed E-state index contributed by atoms with van der Waals surface area (Å²) >= 11 is 1.54. The molecular formula is C18H19N5OS. The van der Waals surface area contributed by atoms with Crippen LogP contribution in [0.15, 0.2) is 48.0 Å². The number of carbonyl (C=O) groups excluding carboxylic acids is 1. The number of amides is 1. The molecule has 1 amide bonds. The molecule has 5 heterocycles. The zero-order valence-corrected chi connectivity index (χ0v) is 14.8. The van der Waals surface area contributed by atoms with Gasteiger partial charge in [-0.25, -0.2) is 9.97 Å². The molecule has 3 aliphatic heterocycles. The molecule has 2 unspecified atom stereocenters. The third-order valence-corrected chi connectivity index (χ3v) is 5.24. The quantitative estimate of drug-likeness (QED) is 0.477. The van der Waals surface area contributed by atoms with Crippen molar-refractivity contribution in [2.75, 3.05) is 24.2 Å². The zero-order valence-electron chi connectivity index (χ0n) is 13.9. The van der Waals surface area contributed by atoms with Gasteiger partial charge in [0.1, 0.15) is 5.82 Å². The number of piperidine rings is 1. The fourth-order valence-electron chi connectivity index (χ4n) is 3.49. The van der Waals surface area contributed by atoms with Crippen LogP contribution in [0, 0.1) is 0 Å². The SMILES string of the molecule is CSc1nccc(N2CC3CC(C2)N3C(=O)/C=C/c2cccnc2)n1. The molecule has 6 nitrogen and oxygen atoms in total. The summed E-state index contributed by atoms with van der Waals surface area (Å²) in [5.74, 6) is 1.03. The lowest BCUT2D eigenvalue weighted by Gasteiger charge is -2.56. The van der Waals surface area contributed by atoms with Crippen LogP contribution >= 0.6 is 11.8 Å². The first-order valence-electron chi connectivity index (χ1n) is 8.27. The first-order valence-corrected chi connectivity index (χ1v) is 9.49. The van der Waals surface area contributed by atoms with Gasteiger partial charge in [-0.15, -0.1) is 0 Å². The topological polar surface area (TPSA) is 62.2 Å². The molecule has 0 N–H and O–H groups in total. The molecule has 3 aliphatic rings. The number of pyridine rings is 1. The number of nitrogens with zero attached hydrogens (tertiary/aromatic N) is 5. The van der Waals surface area contributed by atoms with Crippen molar-refractivity contribution in [1.82, 2.24) is 19.9 Å². The second-order valence-corrected chi connectivity index (χ2v) is 6.99. The summed E-state index contributed by atoms with van der Waals surface area (Å²) in [6.07, 6.45) is 11.8. The molecule has 0 saturated carbocycles. The molecule has 3 saturated heterocycles. The molecule has 0 aliphatic carbocycles. The van der Waals surface area contributed by atoms with Gasteiger partial charge in [-0.3, -0.25) is 9.78 Å². The van der Waals surface area contributed by atoms with Gasteiger partial charge in [-0.05, 0) is 36.4 Å². The summed E-state index contributed by atoms with van der Waals surface area (Å²) in [6, 6.07) is 6.27. The predicted octanol–water partition coefficient (Wildman–Crippen LogP) is 2.10. The molecule has 25 heavy (non-hydrogen) atoms. The second kappa shape index (κ2) is 6.84. The largest absolute Gasteiger partial charge is 0.352 e. The van der Waals surface area contributed by atoms with E-state index in [4.69, 9.17) is 0 Å². The van der Waals surface area contributed by atoms with Crippen LogP contribution in [0.2, 0.25) is 0 Å². The molecule has 3 fully saturated rings. The van der Waals surface area contributed by atoms with E-state index in [1.807, 2.05) is 35.4 Å². The first kappa shape index (κ1) is 16.1. The highest BCUT2D eigenvalue weighted by Crippen LogP contribution is 2.34. The maximum absolute atomic E-state index is 12.5. The number of rotatable bonds is 4. The number of piperazine rings is 1. The molecule has 0 aromatic carbocycles. The maximum atomic E-state index is 12.5. The van der Waals surface area contributed by atoms with Gasteiger partial charge in [-0.2, -0.15) is 0 Å². The Morgan fingerprint density at radius 2 is 2.12 bits per heavy atom. The van der Waals surface area contributed by atoms with Gasteiger partial charge in [0.25, 0.3) is 0 Å². The lowest BCUT2D eigenvalue weighted by Crippen LogP contribution is -2.70.